The molecular weight excluding hydrogens is 254 g/mol. The van der Waals surface area contributed by atoms with Gasteiger partial charge < -0.3 is 11.1 Å². The first-order valence-corrected chi connectivity index (χ1v) is 6.54. The van der Waals surface area contributed by atoms with Gasteiger partial charge in [0.2, 0.25) is 5.91 Å². The number of amides is 1. The van der Waals surface area contributed by atoms with E-state index in [1.807, 2.05) is 38.1 Å². The van der Waals surface area contributed by atoms with Crippen molar-refractivity contribution in [2.24, 2.45) is 11.7 Å². The number of carbonyl (C=O) groups is 1. The Morgan fingerprint density at radius 3 is 2.60 bits per heavy atom. The highest BCUT2D eigenvalue weighted by atomic mass is 16.1. The van der Waals surface area contributed by atoms with Crippen LogP contribution in [0.15, 0.2) is 36.9 Å². The van der Waals surface area contributed by atoms with E-state index in [1.54, 1.807) is 11.0 Å². The molecule has 1 amide bonds. The molecule has 0 spiro atoms. The summed E-state index contributed by atoms with van der Waals surface area (Å²) in [4.78, 5) is 15.8. The van der Waals surface area contributed by atoms with Crippen molar-refractivity contribution in [2.45, 2.75) is 26.4 Å². The quantitative estimate of drug-likeness (QED) is 0.858. The minimum Gasteiger partial charge on any atom is -0.327 e. The SMILES string of the molecule is CC(N)C(C)C(=O)Nc1ccc(Cn2cncn2)cc1. The largest absolute Gasteiger partial charge is 0.327 e. The monoisotopic (exact) mass is 273 g/mol. The van der Waals surface area contributed by atoms with Gasteiger partial charge in [-0.25, -0.2) is 9.67 Å². The summed E-state index contributed by atoms with van der Waals surface area (Å²) in [5.74, 6) is -0.283. The van der Waals surface area contributed by atoms with Crippen molar-refractivity contribution in [3.8, 4) is 0 Å². The summed E-state index contributed by atoms with van der Waals surface area (Å²) < 4.78 is 1.74. The van der Waals surface area contributed by atoms with Gasteiger partial charge in [-0.3, -0.25) is 4.79 Å². The molecule has 0 aliphatic rings. The molecule has 2 aromatic rings. The van der Waals surface area contributed by atoms with Crippen LogP contribution in [0, 0.1) is 5.92 Å². The number of hydrogen-bond acceptors (Lipinski definition) is 4. The van der Waals surface area contributed by atoms with Crippen LogP contribution < -0.4 is 11.1 Å². The zero-order valence-electron chi connectivity index (χ0n) is 11.7. The molecule has 0 radical (unpaired) electrons. The van der Waals surface area contributed by atoms with E-state index in [0.717, 1.165) is 11.3 Å². The third-order valence-electron chi connectivity index (χ3n) is 3.23. The molecule has 0 aliphatic heterocycles. The van der Waals surface area contributed by atoms with Crippen LogP contribution in [0.1, 0.15) is 19.4 Å². The highest BCUT2D eigenvalue weighted by Crippen LogP contribution is 2.12. The van der Waals surface area contributed by atoms with Crippen LogP contribution in [0.5, 0.6) is 0 Å². The zero-order valence-corrected chi connectivity index (χ0v) is 11.7. The third-order valence-corrected chi connectivity index (χ3v) is 3.23. The Hall–Kier alpha value is -2.21. The van der Waals surface area contributed by atoms with Crippen molar-refractivity contribution in [1.82, 2.24) is 14.8 Å². The van der Waals surface area contributed by atoms with Crippen LogP contribution in [-0.2, 0) is 11.3 Å². The Balaban J connectivity index is 1.96. The second kappa shape index (κ2) is 6.29. The summed E-state index contributed by atoms with van der Waals surface area (Å²) in [5.41, 5.74) is 7.57. The molecule has 1 aromatic heterocycles. The van der Waals surface area contributed by atoms with Crippen LogP contribution in [0.25, 0.3) is 0 Å². The smallest absolute Gasteiger partial charge is 0.228 e. The standard InChI is InChI=1S/C14H19N5O/c1-10(11(2)15)14(20)18-13-5-3-12(4-6-13)7-19-9-16-8-17-19/h3-6,8-11H,7,15H2,1-2H3,(H,18,20). The zero-order chi connectivity index (χ0) is 14.5. The van der Waals surface area contributed by atoms with Crippen molar-refractivity contribution in [1.29, 1.82) is 0 Å². The number of benzene rings is 1. The van der Waals surface area contributed by atoms with Crippen LogP contribution in [0.3, 0.4) is 0 Å². The first kappa shape index (κ1) is 14.2. The molecule has 0 fully saturated rings. The predicted octanol–water partition coefficient (Wildman–Crippen LogP) is 1.25. The lowest BCUT2D eigenvalue weighted by atomic mass is 10.0. The fourth-order valence-corrected chi connectivity index (χ4v) is 1.69. The average Bonchev–Trinajstić information content (AvgIpc) is 2.92. The van der Waals surface area contributed by atoms with E-state index in [1.165, 1.54) is 6.33 Å². The lowest BCUT2D eigenvalue weighted by Crippen LogP contribution is -2.34. The maximum absolute atomic E-state index is 11.9. The number of aromatic nitrogens is 3. The molecule has 106 valence electrons. The molecule has 0 aliphatic carbocycles. The molecule has 0 saturated heterocycles. The highest BCUT2D eigenvalue weighted by molar-refractivity contribution is 5.92. The molecule has 2 rings (SSSR count). The Labute approximate surface area is 118 Å². The molecular formula is C14H19N5O. The summed E-state index contributed by atoms with van der Waals surface area (Å²) in [6.45, 7) is 4.30. The second-order valence-corrected chi connectivity index (χ2v) is 4.93. The lowest BCUT2D eigenvalue weighted by Gasteiger charge is -2.15. The van der Waals surface area contributed by atoms with Gasteiger partial charge in [0, 0.05) is 11.7 Å². The topological polar surface area (TPSA) is 85.8 Å². The van der Waals surface area contributed by atoms with Crippen molar-refractivity contribution in [3.05, 3.63) is 42.5 Å². The van der Waals surface area contributed by atoms with E-state index in [0.29, 0.717) is 6.54 Å². The first-order valence-electron chi connectivity index (χ1n) is 6.54. The van der Waals surface area contributed by atoms with Gasteiger partial charge in [0.1, 0.15) is 12.7 Å². The summed E-state index contributed by atoms with van der Waals surface area (Å²) in [5, 5.41) is 6.90. The Kier molecular flexibility index (Phi) is 4.47. The van der Waals surface area contributed by atoms with Gasteiger partial charge in [-0.15, -0.1) is 0 Å². The maximum atomic E-state index is 11.9. The third kappa shape index (κ3) is 3.64. The molecule has 1 aromatic carbocycles. The number of rotatable bonds is 5. The van der Waals surface area contributed by atoms with Gasteiger partial charge in [-0.05, 0) is 24.6 Å². The van der Waals surface area contributed by atoms with Crippen LogP contribution in [-0.4, -0.2) is 26.7 Å². The fraction of sp³-hybridized carbons (Fsp3) is 0.357. The molecule has 0 saturated carbocycles. The van der Waals surface area contributed by atoms with E-state index in [4.69, 9.17) is 5.73 Å². The number of nitrogens with one attached hydrogen (secondary N) is 1. The van der Waals surface area contributed by atoms with Crippen molar-refractivity contribution in [3.63, 3.8) is 0 Å². The van der Waals surface area contributed by atoms with E-state index in [9.17, 15) is 4.79 Å². The van der Waals surface area contributed by atoms with Gasteiger partial charge in [-0.1, -0.05) is 19.1 Å². The number of nitrogens with two attached hydrogens (primary N) is 1. The van der Waals surface area contributed by atoms with Crippen LogP contribution >= 0.6 is 0 Å². The predicted molar refractivity (Wildman–Crippen MR) is 77.0 cm³/mol. The molecule has 1 heterocycles. The normalized spacial score (nSPS) is 13.8. The van der Waals surface area contributed by atoms with Gasteiger partial charge in [0.05, 0.1) is 12.5 Å². The Morgan fingerprint density at radius 1 is 1.35 bits per heavy atom. The minimum atomic E-state index is -0.218. The molecule has 2 unspecified atom stereocenters. The Morgan fingerprint density at radius 2 is 2.05 bits per heavy atom. The molecule has 2 atom stereocenters. The molecule has 3 N–H and O–H groups in total. The molecule has 0 bridgehead atoms. The van der Waals surface area contributed by atoms with Crippen molar-refractivity contribution >= 4 is 11.6 Å². The molecule has 20 heavy (non-hydrogen) atoms. The van der Waals surface area contributed by atoms with Gasteiger partial charge in [0.15, 0.2) is 0 Å². The second-order valence-electron chi connectivity index (χ2n) is 4.93. The fourth-order valence-electron chi connectivity index (χ4n) is 1.69. The summed E-state index contributed by atoms with van der Waals surface area (Å²) in [6, 6.07) is 7.49. The first-order chi connectivity index (χ1) is 9.56. The number of anilines is 1. The minimum absolute atomic E-state index is 0.0657. The molecule has 6 heteroatoms. The van der Waals surface area contributed by atoms with E-state index in [-0.39, 0.29) is 17.9 Å². The average molecular weight is 273 g/mol. The van der Waals surface area contributed by atoms with Gasteiger partial charge in [0.25, 0.3) is 0 Å². The Bertz CT molecular complexity index is 547. The van der Waals surface area contributed by atoms with Crippen LogP contribution in [0.4, 0.5) is 5.69 Å². The number of hydrogen-bond donors (Lipinski definition) is 2. The highest BCUT2D eigenvalue weighted by Gasteiger charge is 2.16. The van der Waals surface area contributed by atoms with E-state index < -0.39 is 0 Å². The molecule has 6 nitrogen and oxygen atoms in total. The van der Waals surface area contributed by atoms with Gasteiger partial charge in [-0.2, -0.15) is 5.10 Å². The van der Waals surface area contributed by atoms with Crippen molar-refractivity contribution in [2.75, 3.05) is 5.32 Å². The summed E-state index contributed by atoms with van der Waals surface area (Å²) >= 11 is 0. The van der Waals surface area contributed by atoms with E-state index >= 15 is 0 Å². The maximum Gasteiger partial charge on any atom is 0.228 e. The summed E-state index contributed by atoms with van der Waals surface area (Å²) in [7, 11) is 0. The van der Waals surface area contributed by atoms with E-state index in [2.05, 4.69) is 15.4 Å². The van der Waals surface area contributed by atoms with Crippen LogP contribution in [0.2, 0.25) is 0 Å². The number of nitrogens with zero attached hydrogens (tertiary/aromatic N) is 3. The van der Waals surface area contributed by atoms with Crippen molar-refractivity contribution < 1.29 is 4.79 Å². The lowest BCUT2D eigenvalue weighted by molar-refractivity contribution is -0.119. The van der Waals surface area contributed by atoms with Gasteiger partial charge >= 0.3 is 0 Å². The number of carbonyl (C=O) groups excluding carboxylic acids is 1. The summed E-state index contributed by atoms with van der Waals surface area (Å²) in [6.07, 6.45) is 3.17.